The van der Waals surface area contributed by atoms with E-state index in [1.165, 1.54) is 12.8 Å². The summed E-state index contributed by atoms with van der Waals surface area (Å²) in [5, 5.41) is 15.1. The first-order valence-corrected chi connectivity index (χ1v) is 10.3. The van der Waals surface area contributed by atoms with Crippen molar-refractivity contribution in [1.29, 1.82) is 0 Å². The molecule has 0 aliphatic heterocycles. The van der Waals surface area contributed by atoms with Crippen molar-refractivity contribution >= 4 is 11.6 Å². The van der Waals surface area contributed by atoms with Crippen LogP contribution >= 0.6 is 0 Å². The van der Waals surface area contributed by atoms with Crippen LogP contribution in [0.3, 0.4) is 0 Å². The first-order valence-electron chi connectivity index (χ1n) is 10.3. The summed E-state index contributed by atoms with van der Waals surface area (Å²) in [5.41, 5.74) is 2.96. The standard InChI is InChI=1S/C22H26N6O/c1-22(2,3)28-18(12-17(27-28)13-7-8-13)21(29)23-16-6-4-5-15(11-16)20-24-19(25-26-20)14-9-10-14/h4-6,11-14H,7-10H2,1-3H3,(H,23,29)(H,24,25,26). The van der Waals surface area contributed by atoms with Crippen LogP contribution in [0.25, 0.3) is 11.4 Å². The van der Waals surface area contributed by atoms with Gasteiger partial charge in [-0.25, -0.2) is 4.98 Å². The molecule has 0 radical (unpaired) electrons. The molecule has 0 saturated heterocycles. The fourth-order valence-corrected chi connectivity index (χ4v) is 3.53. The summed E-state index contributed by atoms with van der Waals surface area (Å²) in [6, 6.07) is 9.61. The lowest BCUT2D eigenvalue weighted by molar-refractivity contribution is 0.100. The number of carbonyl (C=O) groups is 1. The highest BCUT2D eigenvalue weighted by Gasteiger charge is 2.31. The Balaban J connectivity index is 1.39. The first kappa shape index (κ1) is 18.1. The third-order valence-electron chi connectivity index (χ3n) is 5.44. The van der Waals surface area contributed by atoms with Crippen molar-refractivity contribution in [3.63, 3.8) is 0 Å². The zero-order valence-corrected chi connectivity index (χ0v) is 17.1. The van der Waals surface area contributed by atoms with Gasteiger partial charge in [0, 0.05) is 23.1 Å². The maximum absolute atomic E-state index is 13.1. The molecule has 1 aromatic carbocycles. The van der Waals surface area contributed by atoms with Gasteiger partial charge in [0.25, 0.3) is 5.91 Å². The van der Waals surface area contributed by atoms with Crippen LogP contribution in [0.4, 0.5) is 5.69 Å². The molecule has 2 fully saturated rings. The van der Waals surface area contributed by atoms with E-state index in [0.29, 0.717) is 23.4 Å². The van der Waals surface area contributed by atoms with E-state index in [0.717, 1.165) is 35.6 Å². The molecule has 1 amide bonds. The number of hydrogen-bond acceptors (Lipinski definition) is 4. The van der Waals surface area contributed by atoms with Gasteiger partial charge in [0.05, 0.1) is 11.2 Å². The number of carbonyl (C=O) groups excluding carboxylic acids is 1. The van der Waals surface area contributed by atoms with Crippen LogP contribution in [0, 0.1) is 0 Å². The molecule has 2 N–H and O–H groups in total. The average molecular weight is 390 g/mol. The SMILES string of the molecule is CC(C)(C)n1nc(C2CC2)cc1C(=O)Nc1cccc(-c2n[nH]c(C3CC3)n2)c1. The van der Waals surface area contributed by atoms with E-state index in [-0.39, 0.29) is 11.4 Å². The number of aromatic amines is 1. The van der Waals surface area contributed by atoms with Crippen molar-refractivity contribution in [1.82, 2.24) is 25.0 Å². The van der Waals surface area contributed by atoms with Gasteiger partial charge < -0.3 is 5.32 Å². The molecule has 2 heterocycles. The van der Waals surface area contributed by atoms with Gasteiger partial charge in [-0.1, -0.05) is 12.1 Å². The van der Waals surface area contributed by atoms with Crippen LogP contribution in [-0.4, -0.2) is 30.9 Å². The predicted octanol–water partition coefficient (Wildman–Crippen LogP) is 4.43. The second-order valence-electron chi connectivity index (χ2n) is 9.16. The van der Waals surface area contributed by atoms with Crippen LogP contribution < -0.4 is 5.32 Å². The number of rotatable bonds is 5. The molecule has 0 unspecified atom stereocenters. The number of nitrogens with one attached hydrogen (secondary N) is 2. The molecule has 0 bridgehead atoms. The lowest BCUT2D eigenvalue weighted by Gasteiger charge is -2.22. The predicted molar refractivity (Wildman–Crippen MR) is 111 cm³/mol. The Hall–Kier alpha value is -2.96. The Morgan fingerprint density at radius 2 is 1.90 bits per heavy atom. The van der Waals surface area contributed by atoms with Gasteiger partial charge in [-0.3, -0.25) is 14.6 Å². The minimum atomic E-state index is -0.264. The van der Waals surface area contributed by atoms with Crippen LogP contribution in [0.2, 0.25) is 0 Å². The van der Waals surface area contributed by atoms with Crippen molar-refractivity contribution in [3.05, 3.63) is 47.5 Å². The van der Waals surface area contributed by atoms with E-state index in [4.69, 9.17) is 5.10 Å². The summed E-state index contributed by atoms with van der Waals surface area (Å²) in [6.07, 6.45) is 4.66. The highest BCUT2D eigenvalue weighted by atomic mass is 16.2. The van der Waals surface area contributed by atoms with Gasteiger partial charge in [-0.05, 0) is 64.7 Å². The van der Waals surface area contributed by atoms with Gasteiger partial charge in [-0.2, -0.15) is 10.2 Å². The highest BCUT2D eigenvalue weighted by molar-refractivity contribution is 6.03. The van der Waals surface area contributed by atoms with E-state index >= 15 is 0 Å². The third-order valence-corrected chi connectivity index (χ3v) is 5.44. The Bertz CT molecular complexity index is 1070. The molecule has 0 spiro atoms. The number of aromatic nitrogens is 5. The fourth-order valence-electron chi connectivity index (χ4n) is 3.53. The molecule has 2 aromatic heterocycles. The van der Waals surface area contributed by atoms with Gasteiger partial charge >= 0.3 is 0 Å². The molecule has 7 nitrogen and oxygen atoms in total. The molecular weight excluding hydrogens is 364 g/mol. The van der Waals surface area contributed by atoms with Crippen LogP contribution in [0.1, 0.15) is 80.3 Å². The lowest BCUT2D eigenvalue weighted by Crippen LogP contribution is -2.29. The quantitative estimate of drug-likeness (QED) is 0.674. The molecule has 150 valence electrons. The van der Waals surface area contributed by atoms with Gasteiger partial charge in [-0.15, -0.1) is 0 Å². The van der Waals surface area contributed by atoms with Gasteiger partial charge in [0.2, 0.25) is 0 Å². The minimum Gasteiger partial charge on any atom is -0.321 e. The van der Waals surface area contributed by atoms with Crippen molar-refractivity contribution in [2.24, 2.45) is 0 Å². The fraction of sp³-hybridized carbons (Fsp3) is 0.455. The molecule has 3 aromatic rings. The molecule has 2 aliphatic carbocycles. The van der Waals surface area contributed by atoms with E-state index in [1.807, 2.05) is 35.0 Å². The highest BCUT2D eigenvalue weighted by Crippen LogP contribution is 2.40. The summed E-state index contributed by atoms with van der Waals surface area (Å²) in [6.45, 7) is 6.19. The van der Waals surface area contributed by atoms with E-state index in [1.54, 1.807) is 0 Å². The molecule has 0 atom stereocenters. The zero-order chi connectivity index (χ0) is 20.2. The number of hydrogen-bond donors (Lipinski definition) is 2. The summed E-state index contributed by atoms with van der Waals surface area (Å²) in [4.78, 5) is 17.7. The monoisotopic (exact) mass is 390 g/mol. The molecule has 5 rings (SSSR count). The zero-order valence-electron chi connectivity index (χ0n) is 17.1. The first-order chi connectivity index (χ1) is 13.9. The van der Waals surface area contributed by atoms with E-state index < -0.39 is 0 Å². The maximum Gasteiger partial charge on any atom is 0.273 e. The maximum atomic E-state index is 13.1. The molecule has 2 aliphatic rings. The van der Waals surface area contributed by atoms with Crippen LogP contribution in [0.5, 0.6) is 0 Å². The topological polar surface area (TPSA) is 88.5 Å². The number of nitrogens with zero attached hydrogens (tertiary/aromatic N) is 4. The van der Waals surface area contributed by atoms with Crippen molar-refractivity contribution in [2.45, 2.75) is 63.8 Å². The molecular formula is C22H26N6O. The van der Waals surface area contributed by atoms with Crippen LogP contribution in [0.15, 0.2) is 30.3 Å². The Labute approximate surface area is 169 Å². The van der Waals surface area contributed by atoms with Crippen molar-refractivity contribution in [2.75, 3.05) is 5.32 Å². The minimum absolute atomic E-state index is 0.148. The van der Waals surface area contributed by atoms with Crippen molar-refractivity contribution < 1.29 is 4.79 Å². The molecule has 2 saturated carbocycles. The Kier molecular flexibility index (Phi) is 4.08. The van der Waals surface area contributed by atoms with Gasteiger partial charge in [0.15, 0.2) is 5.82 Å². The summed E-state index contributed by atoms with van der Waals surface area (Å²) < 4.78 is 1.84. The number of anilines is 1. The lowest BCUT2D eigenvalue weighted by atomic mass is 10.1. The third kappa shape index (κ3) is 3.69. The van der Waals surface area contributed by atoms with E-state index in [9.17, 15) is 4.79 Å². The Morgan fingerprint density at radius 1 is 1.14 bits per heavy atom. The van der Waals surface area contributed by atoms with Crippen molar-refractivity contribution in [3.8, 4) is 11.4 Å². The summed E-state index contributed by atoms with van der Waals surface area (Å²) in [7, 11) is 0. The van der Waals surface area contributed by atoms with Gasteiger partial charge in [0.1, 0.15) is 11.5 Å². The number of amides is 1. The number of benzene rings is 1. The van der Waals surface area contributed by atoms with E-state index in [2.05, 4.69) is 41.3 Å². The summed E-state index contributed by atoms with van der Waals surface area (Å²) in [5.74, 6) is 2.50. The second kappa shape index (κ2) is 6.54. The normalized spacial score (nSPS) is 16.8. The average Bonchev–Trinajstić information content (AvgIpc) is 3.61. The Morgan fingerprint density at radius 3 is 2.59 bits per heavy atom. The number of H-pyrrole nitrogens is 1. The second-order valence-corrected chi connectivity index (χ2v) is 9.16. The smallest absolute Gasteiger partial charge is 0.273 e. The molecule has 29 heavy (non-hydrogen) atoms. The summed E-state index contributed by atoms with van der Waals surface area (Å²) >= 11 is 0. The largest absolute Gasteiger partial charge is 0.321 e. The molecule has 7 heteroatoms. The van der Waals surface area contributed by atoms with Crippen LogP contribution in [-0.2, 0) is 5.54 Å².